The number of hydrogen-bond acceptors (Lipinski definition) is 2. The van der Waals surface area contributed by atoms with Crippen molar-refractivity contribution in [2.45, 2.75) is 6.18 Å². The highest BCUT2D eigenvalue weighted by atomic mass is 19.4. The lowest BCUT2D eigenvalue weighted by molar-refractivity contribution is -0.138. The predicted octanol–water partition coefficient (Wildman–Crippen LogP) is 2.31. The van der Waals surface area contributed by atoms with Crippen LogP contribution in [0.4, 0.5) is 13.2 Å². The molecule has 1 heterocycles. The molecule has 0 radical (unpaired) electrons. The van der Waals surface area contributed by atoms with Gasteiger partial charge < -0.3 is 0 Å². The van der Waals surface area contributed by atoms with Gasteiger partial charge in [-0.05, 0) is 17.7 Å². The van der Waals surface area contributed by atoms with Crippen LogP contribution in [0.3, 0.4) is 0 Å². The van der Waals surface area contributed by atoms with Crippen molar-refractivity contribution in [1.82, 2.24) is 4.98 Å². The summed E-state index contributed by atoms with van der Waals surface area (Å²) in [6, 6.07) is 1.20. The van der Waals surface area contributed by atoms with Crippen LogP contribution in [0.2, 0.25) is 0 Å². The first-order valence-corrected chi connectivity index (χ1v) is 3.69. The Kier molecular flexibility index (Phi) is 3.01. The Hall–Kier alpha value is -1.65. The number of carbonyl (C=O) groups excluding carboxylic acids is 1. The summed E-state index contributed by atoms with van der Waals surface area (Å²) in [6.45, 7) is 0. The van der Waals surface area contributed by atoms with E-state index in [0.717, 1.165) is 18.3 Å². The molecule has 1 aromatic rings. The van der Waals surface area contributed by atoms with E-state index in [-0.39, 0.29) is 5.56 Å². The van der Waals surface area contributed by atoms with E-state index in [1.807, 2.05) is 0 Å². The Bertz CT molecular complexity index is 357. The van der Waals surface area contributed by atoms with Gasteiger partial charge in [0.1, 0.15) is 6.29 Å². The van der Waals surface area contributed by atoms with Crippen molar-refractivity contribution in [3.63, 3.8) is 0 Å². The fourth-order valence-electron chi connectivity index (χ4n) is 0.930. The Balaban J connectivity index is 3.16. The molecule has 74 valence electrons. The van der Waals surface area contributed by atoms with Gasteiger partial charge in [-0.15, -0.1) is 0 Å². The number of hydrogen-bond donors (Lipinski definition) is 0. The third-order valence-electron chi connectivity index (χ3n) is 1.51. The number of aromatic nitrogens is 1. The summed E-state index contributed by atoms with van der Waals surface area (Å²) in [7, 11) is 0. The maximum absolute atomic E-state index is 12.3. The highest BCUT2D eigenvalue weighted by Crippen LogP contribution is 2.31. The lowest BCUT2D eigenvalue weighted by Crippen LogP contribution is -2.07. The van der Waals surface area contributed by atoms with Crippen LogP contribution in [-0.2, 0) is 11.0 Å². The molecule has 0 amide bonds. The molecule has 1 rings (SSSR count). The van der Waals surface area contributed by atoms with Crippen molar-refractivity contribution in [2.24, 2.45) is 0 Å². The van der Waals surface area contributed by atoms with E-state index >= 15 is 0 Å². The first kappa shape index (κ1) is 10.4. The molecular formula is C9H6F3NO. The number of aldehydes is 1. The lowest BCUT2D eigenvalue weighted by atomic mass is 10.1. The molecule has 0 spiro atoms. The second-order valence-electron chi connectivity index (χ2n) is 2.46. The molecule has 0 saturated carbocycles. The summed E-state index contributed by atoms with van der Waals surface area (Å²) >= 11 is 0. The van der Waals surface area contributed by atoms with E-state index in [2.05, 4.69) is 4.98 Å². The standard InChI is InChI=1S/C9H6F3NO/c10-9(11,12)8-6-13-4-3-7(8)2-1-5-14/h1-6H/b2-1+. The number of allylic oxidation sites excluding steroid dienone is 1. The average Bonchev–Trinajstić information content (AvgIpc) is 2.14. The quantitative estimate of drug-likeness (QED) is 0.542. The second kappa shape index (κ2) is 4.04. The Morgan fingerprint density at radius 1 is 1.36 bits per heavy atom. The van der Waals surface area contributed by atoms with Crippen molar-refractivity contribution in [1.29, 1.82) is 0 Å². The number of rotatable bonds is 2. The predicted molar refractivity (Wildman–Crippen MR) is 44.3 cm³/mol. The van der Waals surface area contributed by atoms with Gasteiger partial charge in [0, 0.05) is 12.4 Å². The van der Waals surface area contributed by atoms with Crippen molar-refractivity contribution in [3.05, 3.63) is 35.7 Å². The van der Waals surface area contributed by atoms with Crippen molar-refractivity contribution >= 4 is 12.4 Å². The zero-order valence-corrected chi connectivity index (χ0v) is 6.95. The fourth-order valence-corrected chi connectivity index (χ4v) is 0.930. The van der Waals surface area contributed by atoms with Crippen LogP contribution in [0, 0.1) is 0 Å². The van der Waals surface area contributed by atoms with E-state index in [0.29, 0.717) is 6.29 Å². The minimum Gasteiger partial charge on any atom is -0.299 e. The Morgan fingerprint density at radius 3 is 2.64 bits per heavy atom. The molecule has 0 bridgehead atoms. The van der Waals surface area contributed by atoms with E-state index in [1.165, 1.54) is 12.3 Å². The fraction of sp³-hybridized carbons (Fsp3) is 0.111. The molecule has 1 aromatic heterocycles. The van der Waals surface area contributed by atoms with Crippen molar-refractivity contribution < 1.29 is 18.0 Å². The molecule has 0 unspecified atom stereocenters. The summed E-state index contributed by atoms with van der Waals surface area (Å²) in [5.74, 6) is 0. The van der Waals surface area contributed by atoms with Gasteiger partial charge in [-0.1, -0.05) is 6.08 Å². The molecule has 0 atom stereocenters. The number of pyridine rings is 1. The molecule has 0 saturated heterocycles. The normalized spacial score (nSPS) is 11.9. The van der Waals surface area contributed by atoms with Crippen LogP contribution in [0.25, 0.3) is 6.08 Å². The summed E-state index contributed by atoms with van der Waals surface area (Å²) in [4.78, 5) is 13.3. The van der Waals surface area contributed by atoms with Crippen LogP contribution < -0.4 is 0 Å². The summed E-state index contributed by atoms with van der Waals surface area (Å²) in [6.07, 6.45) is 0.0314. The summed E-state index contributed by atoms with van der Waals surface area (Å²) < 4.78 is 36.9. The molecule has 0 aromatic carbocycles. The summed E-state index contributed by atoms with van der Waals surface area (Å²) in [5.41, 5.74) is -0.919. The Morgan fingerprint density at radius 2 is 2.07 bits per heavy atom. The third kappa shape index (κ3) is 2.42. The number of nitrogens with zero attached hydrogens (tertiary/aromatic N) is 1. The molecular weight excluding hydrogens is 195 g/mol. The van der Waals surface area contributed by atoms with E-state index in [1.54, 1.807) is 0 Å². The maximum atomic E-state index is 12.3. The van der Waals surface area contributed by atoms with Crippen LogP contribution in [0.15, 0.2) is 24.5 Å². The third-order valence-corrected chi connectivity index (χ3v) is 1.51. The van der Waals surface area contributed by atoms with Gasteiger partial charge >= 0.3 is 6.18 Å². The zero-order valence-electron chi connectivity index (χ0n) is 6.95. The average molecular weight is 201 g/mol. The van der Waals surface area contributed by atoms with Crippen molar-refractivity contribution in [3.8, 4) is 0 Å². The molecule has 0 aliphatic carbocycles. The van der Waals surface area contributed by atoms with Crippen LogP contribution in [0.5, 0.6) is 0 Å². The minimum atomic E-state index is -4.45. The van der Waals surface area contributed by atoms with Gasteiger partial charge in [0.05, 0.1) is 5.56 Å². The van der Waals surface area contributed by atoms with Gasteiger partial charge in [0.15, 0.2) is 0 Å². The van der Waals surface area contributed by atoms with Crippen molar-refractivity contribution in [2.75, 3.05) is 0 Å². The van der Waals surface area contributed by atoms with Gasteiger partial charge in [-0.2, -0.15) is 13.2 Å². The molecule has 14 heavy (non-hydrogen) atoms. The molecule has 0 aliphatic heterocycles. The van der Waals surface area contributed by atoms with E-state index in [9.17, 15) is 18.0 Å². The SMILES string of the molecule is O=C/C=C/c1ccncc1C(F)(F)F. The first-order valence-electron chi connectivity index (χ1n) is 3.69. The smallest absolute Gasteiger partial charge is 0.299 e. The van der Waals surface area contributed by atoms with Gasteiger partial charge in [0.2, 0.25) is 0 Å². The topological polar surface area (TPSA) is 30.0 Å². The lowest BCUT2D eigenvalue weighted by Gasteiger charge is -2.08. The first-order chi connectivity index (χ1) is 6.55. The van der Waals surface area contributed by atoms with Crippen LogP contribution in [0.1, 0.15) is 11.1 Å². The number of halogens is 3. The van der Waals surface area contributed by atoms with Crippen LogP contribution in [-0.4, -0.2) is 11.3 Å². The number of alkyl halides is 3. The highest BCUT2D eigenvalue weighted by molar-refractivity contribution is 5.74. The number of carbonyl (C=O) groups is 1. The molecule has 0 aliphatic rings. The Labute approximate surface area is 78.1 Å². The molecule has 5 heteroatoms. The largest absolute Gasteiger partial charge is 0.418 e. The molecule has 0 N–H and O–H groups in total. The highest BCUT2D eigenvalue weighted by Gasteiger charge is 2.32. The van der Waals surface area contributed by atoms with E-state index < -0.39 is 11.7 Å². The van der Waals surface area contributed by atoms with Gasteiger partial charge in [-0.3, -0.25) is 9.78 Å². The summed E-state index contributed by atoms with van der Waals surface area (Å²) in [5, 5.41) is 0. The maximum Gasteiger partial charge on any atom is 0.418 e. The second-order valence-corrected chi connectivity index (χ2v) is 2.46. The monoisotopic (exact) mass is 201 g/mol. The van der Waals surface area contributed by atoms with Crippen LogP contribution >= 0.6 is 0 Å². The molecule has 2 nitrogen and oxygen atoms in total. The van der Waals surface area contributed by atoms with Gasteiger partial charge in [-0.25, -0.2) is 0 Å². The minimum absolute atomic E-state index is 0.0698. The van der Waals surface area contributed by atoms with Gasteiger partial charge in [0.25, 0.3) is 0 Å². The molecule has 0 fully saturated rings. The van der Waals surface area contributed by atoms with E-state index in [4.69, 9.17) is 0 Å². The zero-order chi connectivity index (χ0) is 10.6.